The molecule has 1 aromatic rings. The zero-order valence-corrected chi connectivity index (χ0v) is 11.7. The number of carbonyl (C=O) groups is 1. The van der Waals surface area contributed by atoms with Crippen molar-refractivity contribution < 1.29 is 9.53 Å². The van der Waals surface area contributed by atoms with Crippen LogP contribution in [0.1, 0.15) is 31.2 Å². The van der Waals surface area contributed by atoms with E-state index >= 15 is 0 Å². The number of para-hydroxylation sites is 1. The first kappa shape index (κ1) is 13.4. The predicted molar refractivity (Wildman–Crippen MR) is 78.8 cm³/mol. The molecule has 1 amide bonds. The molecule has 1 aromatic carbocycles. The Morgan fingerprint density at radius 2 is 2.10 bits per heavy atom. The van der Waals surface area contributed by atoms with Gasteiger partial charge in [-0.1, -0.05) is 31.0 Å². The van der Waals surface area contributed by atoms with Crippen LogP contribution in [0.25, 0.3) is 0 Å². The molecule has 1 atom stereocenters. The minimum Gasteiger partial charge on any atom is -0.376 e. The normalized spacial score (nSPS) is 21.5. The van der Waals surface area contributed by atoms with Crippen molar-refractivity contribution in [1.82, 2.24) is 5.32 Å². The number of carbonyl (C=O) groups excluding carboxylic acids is 1. The molecule has 20 heavy (non-hydrogen) atoms. The Balaban J connectivity index is 1.38. The zero-order chi connectivity index (χ0) is 13.8. The molecule has 0 saturated heterocycles. The van der Waals surface area contributed by atoms with Gasteiger partial charge in [0.2, 0.25) is 5.91 Å². The van der Waals surface area contributed by atoms with Gasteiger partial charge in [-0.3, -0.25) is 4.79 Å². The van der Waals surface area contributed by atoms with Crippen molar-refractivity contribution >= 4 is 11.6 Å². The van der Waals surface area contributed by atoms with Crippen molar-refractivity contribution in [3.8, 4) is 0 Å². The second-order valence-electron chi connectivity index (χ2n) is 5.63. The Kier molecular flexibility index (Phi) is 4.21. The van der Waals surface area contributed by atoms with Crippen LogP contribution in [0.4, 0.5) is 5.69 Å². The maximum Gasteiger partial charge on any atom is 0.242 e. The third-order valence-electron chi connectivity index (χ3n) is 4.14. The fraction of sp³-hybridized carbons (Fsp3) is 0.562. The lowest BCUT2D eigenvalue weighted by molar-refractivity contribution is -0.122. The number of amides is 1. The molecule has 0 spiro atoms. The van der Waals surface area contributed by atoms with Gasteiger partial charge in [0.25, 0.3) is 0 Å². The van der Waals surface area contributed by atoms with Crippen molar-refractivity contribution in [1.29, 1.82) is 0 Å². The standard InChI is InChI=1S/C16H22N2O2/c19-16(17-9-10-20-13-6-2-3-7-13)15-11-12-5-1-4-8-14(12)18-15/h1,4-5,8,13,15,18H,2-3,6-7,9-11H2,(H,17,19)/t15-/m0/s1. The van der Waals surface area contributed by atoms with Crippen molar-refractivity contribution in [2.45, 2.75) is 44.2 Å². The van der Waals surface area contributed by atoms with Crippen LogP contribution in [0.2, 0.25) is 0 Å². The molecule has 0 aromatic heterocycles. The van der Waals surface area contributed by atoms with Crippen LogP contribution >= 0.6 is 0 Å². The number of nitrogens with one attached hydrogen (secondary N) is 2. The number of anilines is 1. The van der Waals surface area contributed by atoms with Crippen LogP contribution < -0.4 is 10.6 Å². The molecule has 1 aliphatic heterocycles. The summed E-state index contributed by atoms with van der Waals surface area (Å²) in [6, 6.07) is 7.95. The van der Waals surface area contributed by atoms with Gasteiger partial charge >= 0.3 is 0 Å². The summed E-state index contributed by atoms with van der Waals surface area (Å²) in [6.45, 7) is 1.22. The summed E-state index contributed by atoms with van der Waals surface area (Å²) in [6.07, 6.45) is 6.09. The second kappa shape index (κ2) is 6.27. The number of hydrogen-bond donors (Lipinski definition) is 2. The summed E-state index contributed by atoms with van der Waals surface area (Å²) in [7, 11) is 0. The molecule has 4 heteroatoms. The largest absolute Gasteiger partial charge is 0.376 e. The van der Waals surface area contributed by atoms with Crippen molar-refractivity contribution in [3.63, 3.8) is 0 Å². The van der Waals surface area contributed by atoms with Gasteiger partial charge in [-0.2, -0.15) is 0 Å². The van der Waals surface area contributed by atoms with Gasteiger partial charge in [0, 0.05) is 18.7 Å². The van der Waals surface area contributed by atoms with Crippen molar-refractivity contribution in [3.05, 3.63) is 29.8 Å². The number of ether oxygens (including phenoxy) is 1. The molecular formula is C16H22N2O2. The lowest BCUT2D eigenvalue weighted by Crippen LogP contribution is -2.40. The molecule has 1 aliphatic carbocycles. The molecule has 0 radical (unpaired) electrons. The van der Waals surface area contributed by atoms with Crippen LogP contribution in [0.3, 0.4) is 0 Å². The van der Waals surface area contributed by atoms with E-state index in [1.807, 2.05) is 18.2 Å². The van der Waals surface area contributed by atoms with E-state index in [9.17, 15) is 4.79 Å². The van der Waals surface area contributed by atoms with Crippen molar-refractivity contribution in [2.75, 3.05) is 18.5 Å². The Bertz CT molecular complexity index is 444. The zero-order valence-electron chi connectivity index (χ0n) is 11.7. The molecule has 0 unspecified atom stereocenters. The van der Waals surface area contributed by atoms with Gasteiger partial charge in [0.1, 0.15) is 6.04 Å². The van der Waals surface area contributed by atoms with Gasteiger partial charge in [-0.05, 0) is 24.5 Å². The first-order valence-electron chi connectivity index (χ1n) is 7.57. The molecule has 3 rings (SSSR count). The molecule has 2 N–H and O–H groups in total. The summed E-state index contributed by atoms with van der Waals surface area (Å²) in [5.41, 5.74) is 2.30. The van der Waals surface area contributed by atoms with Gasteiger partial charge in [0.05, 0.1) is 12.7 Å². The first-order chi connectivity index (χ1) is 9.83. The van der Waals surface area contributed by atoms with E-state index in [0.29, 0.717) is 19.3 Å². The van der Waals surface area contributed by atoms with E-state index in [0.717, 1.165) is 12.1 Å². The van der Waals surface area contributed by atoms with Crippen LogP contribution in [-0.4, -0.2) is 31.2 Å². The Morgan fingerprint density at radius 3 is 2.90 bits per heavy atom. The molecule has 1 fully saturated rings. The Morgan fingerprint density at radius 1 is 1.30 bits per heavy atom. The second-order valence-corrected chi connectivity index (χ2v) is 5.63. The lowest BCUT2D eigenvalue weighted by Gasteiger charge is -2.14. The van der Waals surface area contributed by atoms with Crippen LogP contribution in [0.5, 0.6) is 0 Å². The summed E-state index contributed by atoms with van der Waals surface area (Å²) >= 11 is 0. The fourth-order valence-corrected chi connectivity index (χ4v) is 3.03. The van der Waals surface area contributed by atoms with E-state index < -0.39 is 0 Å². The van der Waals surface area contributed by atoms with Crippen LogP contribution in [0.15, 0.2) is 24.3 Å². The third-order valence-corrected chi connectivity index (χ3v) is 4.14. The lowest BCUT2D eigenvalue weighted by atomic mass is 10.1. The monoisotopic (exact) mass is 274 g/mol. The number of benzene rings is 1. The van der Waals surface area contributed by atoms with E-state index in [1.165, 1.54) is 31.2 Å². The third kappa shape index (κ3) is 3.12. The molecule has 4 nitrogen and oxygen atoms in total. The molecule has 2 aliphatic rings. The van der Waals surface area contributed by atoms with E-state index in [2.05, 4.69) is 16.7 Å². The van der Waals surface area contributed by atoms with Crippen LogP contribution in [-0.2, 0) is 16.0 Å². The summed E-state index contributed by atoms with van der Waals surface area (Å²) < 4.78 is 5.74. The van der Waals surface area contributed by atoms with Crippen LogP contribution in [0, 0.1) is 0 Å². The summed E-state index contributed by atoms with van der Waals surface area (Å²) in [4.78, 5) is 12.1. The molecule has 1 heterocycles. The number of fused-ring (bicyclic) bond motifs is 1. The highest BCUT2D eigenvalue weighted by atomic mass is 16.5. The number of rotatable bonds is 5. The quantitative estimate of drug-likeness (QED) is 0.808. The average Bonchev–Trinajstić information content (AvgIpc) is 3.12. The maximum absolute atomic E-state index is 12.1. The van der Waals surface area contributed by atoms with Gasteiger partial charge in [-0.25, -0.2) is 0 Å². The average molecular weight is 274 g/mol. The molecule has 108 valence electrons. The molecule has 1 saturated carbocycles. The minimum absolute atomic E-state index is 0.0659. The number of hydrogen-bond acceptors (Lipinski definition) is 3. The highest BCUT2D eigenvalue weighted by Gasteiger charge is 2.25. The maximum atomic E-state index is 12.1. The SMILES string of the molecule is O=C(NCCOC1CCCC1)[C@@H]1Cc2ccccc2N1. The Labute approximate surface area is 119 Å². The van der Waals surface area contributed by atoms with Gasteiger partial charge in [0.15, 0.2) is 0 Å². The van der Waals surface area contributed by atoms with E-state index in [-0.39, 0.29) is 11.9 Å². The summed E-state index contributed by atoms with van der Waals surface area (Å²) in [5.74, 6) is 0.0659. The fourth-order valence-electron chi connectivity index (χ4n) is 3.03. The highest BCUT2D eigenvalue weighted by molar-refractivity contribution is 5.87. The van der Waals surface area contributed by atoms with Gasteiger partial charge in [-0.15, -0.1) is 0 Å². The minimum atomic E-state index is -0.140. The topological polar surface area (TPSA) is 50.4 Å². The van der Waals surface area contributed by atoms with Crippen molar-refractivity contribution in [2.24, 2.45) is 0 Å². The smallest absolute Gasteiger partial charge is 0.242 e. The Hall–Kier alpha value is -1.55. The molecule has 0 bridgehead atoms. The van der Waals surface area contributed by atoms with E-state index in [4.69, 9.17) is 4.74 Å². The summed E-state index contributed by atoms with van der Waals surface area (Å²) in [5, 5.41) is 6.22. The predicted octanol–water partition coefficient (Wildman–Crippen LogP) is 2.10. The first-order valence-corrected chi connectivity index (χ1v) is 7.57. The molecular weight excluding hydrogens is 252 g/mol. The van der Waals surface area contributed by atoms with Gasteiger partial charge < -0.3 is 15.4 Å². The van der Waals surface area contributed by atoms with E-state index in [1.54, 1.807) is 0 Å². The highest BCUT2D eigenvalue weighted by Crippen LogP contribution is 2.25.